The molecule has 0 N–H and O–H groups in total. The molecule has 1 rings (SSSR count). The third kappa shape index (κ3) is 2.52. The Labute approximate surface area is 96.3 Å². The number of benzene rings is 1. The van der Waals surface area contributed by atoms with Crippen molar-refractivity contribution >= 4 is 21.9 Å². The van der Waals surface area contributed by atoms with Crippen molar-refractivity contribution in [2.75, 3.05) is 7.11 Å². The molecule has 7 heteroatoms. The van der Waals surface area contributed by atoms with E-state index in [0.717, 1.165) is 7.11 Å². The van der Waals surface area contributed by atoms with E-state index in [1.807, 2.05) is 0 Å². The summed E-state index contributed by atoms with van der Waals surface area (Å²) in [6, 6.07) is 0.867. The van der Waals surface area contributed by atoms with Crippen LogP contribution in [0.5, 0.6) is 0 Å². The molecule has 2 nitrogen and oxygen atoms in total. The summed E-state index contributed by atoms with van der Waals surface area (Å²) in [6.07, 6.45) is -4.67. The SMILES string of the molecule is COC(=O)c1c(F)cc(C(F)(F)F)cc1Br. The zero-order valence-electron chi connectivity index (χ0n) is 7.86. The highest BCUT2D eigenvalue weighted by Crippen LogP contribution is 2.33. The summed E-state index contributed by atoms with van der Waals surface area (Å²) in [4.78, 5) is 11.0. The minimum atomic E-state index is -4.67. The maximum absolute atomic E-state index is 13.2. The van der Waals surface area contributed by atoms with Crippen molar-refractivity contribution in [3.8, 4) is 0 Å². The first-order chi connectivity index (χ1) is 7.27. The third-order valence-corrected chi connectivity index (χ3v) is 2.38. The topological polar surface area (TPSA) is 26.3 Å². The van der Waals surface area contributed by atoms with Gasteiger partial charge in [0.15, 0.2) is 0 Å². The number of alkyl halides is 3. The second-order valence-electron chi connectivity index (χ2n) is 2.80. The predicted octanol–water partition coefficient (Wildman–Crippen LogP) is 3.39. The highest BCUT2D eigenvalue weighted by molar-refractivity contribution is 9.10. The van der Waals surface area contributed by atoms with Gasteiger partial charge in [-0.3, -0.25) is 0 Å². The molecule has 0 aromatic heterocycles. The van der Waals surface area contributed by atoms with E-state index in [4.69, 9.17) is 0 Å². The van der Waals surface area contributed by atoms with Gasteiger partial charge in [0.2, 0.25) is 0 Å². The Hall–Kier alpha value is -1.11. The second kappa shape index (κ2) is 4.40. The Morgan fingerprint density at radius 3 is 2.31 bits per heavy atom. The molecule has 0 aliphatic heterocycles. The minimum Gasteiger partial charge on any atom is -0.465 e. The Bertz CT molecular complexity index is 405. The predicted molar refractivity (Wildman–Crippen MR) is 50.4 cm³/mol. The number of hydrogen-bond donors (Lipinski definition) is 0. The monoisotopic (exact) mass is 300 g/mol. The average Bonchev–Trinajstić information content (AvgIpc) is 2.14. The van der Waals surface area contributed by atoms with Crippen molar-refractivity contribution in [1.29, 1.82) is 0 Å². The van der Waals surface area contributed by atoms with Crippen LogP contribution >= 0.6 is 15.9 Å². The van der Waals surface area contributed by atoms with E-state index in [2.05, 4.69) is 20.7 Å². The molecule has 0 amide bonds. The lowest BCUT2D eigenvalue weighted by molar-refractivity contribution is -0.137. The first kappa shape index (κ1) is 13.0. The van der Waals surface area contributed by atoms with Crippen LogP contribution in [0.3, 0.4) is 0 Å². The molecular weight excluding hydrogens is 296 g/mol. The number of halogens is 5. The van der Waals surface area contributed by atoms with E-state index in [1.54, 1.807) is 0 Å². The van der Waals surface area contributed by atoms with Gasteiger partial charge in [0.1, 0.15) is 11.4 Å². The van der Waals surface area contributed by atoms with Crippen LogP contribution < -0.4 is 0 Å². The molecule has 16 heavy (non-hydrogen) atoms. The Morgan fingerprint density at radius 2 is 1.94 bits per heavy atom. The summed E-state index contributed by atoms with van der Waals surface area (Å²) in [5.41, 5.74) is -1.74. The van der Waals surface area contributed by atoms with Gasteiger partial charge in [0, 0.05) is 4.47 Å². The fraction of sp³-hybridized carbons (Fsp3) is 0.222. The standard InChI is InChI=1S/C9H5BrF4O2/c1-16-8(15)7-5(10)2-4(3-6(7)11)9(12,13)14/h2-3H,1H3. The molecule has 0 saturated heterocycles. The van der Waals surface area contributed by atoms with Gasteiger partial charge >= 0.3 is 12.1 Å². The van der Waals surface area contributed by atoms with E-state index in [1.165, 1.54) is 0 Å². The Morgan fingerprint density at radius 1 is 1.38 bits per heavy atom. The second-order valence-corrected chi connectivity index (χ2v) is 3.66. The average molecular weight is 301 g/mol. The van der Waals surface area contributed by atoms with E-state index in [-0.39, 0.29) is 10.5 Å². The molecular formula is C9H5BrF4O2. The molecule has 0 radical (unpaired) electrons. The molecule has 88 valence electrons. The lowest BCUT2D eigenvalue weighted by atomic mass is 10.1. The van der Waals surface area contributed by atoms with E-state index >= 15 is 0 Å². The van der Waals surface area contributed by atoms with Crippen molar-refractivity contribution in [3.63, 3.8) is 0 Å². The number of rotatable bonds is 1. The van der Waals surface area contributed by atoms with E-state index in [9.17, 15) is 22.4 Å². The largest absolute Gasteiger partial charge is 0.465 e. The minimum absolute atomic E-state index is 0.247. The van der Waals surface area contributed by atoms with Crippen LogP contribution in [0.15, 0.2) is 16.6 Å². The molecule has 1 aromatic carbocycles. The number of carbonyl (C=O) groups is 1. The first-order valence-electron chi connectivity index (χ1n) is 3.92. The maximum Gasteiger partial charge on any atom is 0.416 e. The van der Waals surface area contributed by atoms with Crippen molar-refractivity contribution in [3.05, 3.63) is 33.5 Å². The number of methoxy groups -OCH3 is 1. The van der Waals surface area contributed by atoms with Crippen LogP contribution in [0.2, 0.25) is 0 Å². The highest BCUT2D eigenvalue weighted by atomic mass is 79.9. The van der Waals surface area contributed by atoms with Gasteiger partial charge in [-0.05, 0) is 28.1 Å². The normalized spacial score (nSPS) is 11.4. The van der Waals surface area contributed by atoms with E-state index in [0.29, 0.717) is 6.07 Å². The van der Waals surface area contributed by atoms with Gasteiger partial charge in [-0.1, -0.05) is 0 Å². The van der Waals surface area contributed by atoms with Crippen LogP contribution in [0.25, 0.3) is 0 Å². The van der Waals surface area contributed by atoms with Gasteiger partial charge in [-0.25, -0.2) is 9.18 Å². The molecule has 0 saturated carbocycles. The Balaban J connectivity index is 3.34. The molecule has 0 bridgehead atoms. The first-order valence-corrected chi connectivity index (χ1v) is 4.71. The quantitative estimate of drug-likeness (QED) is 0.587. The van der Waals surface area contributed by atoms with Crippen molar-refractivity contribution in [2.45, 2.75) is 6.18 Å². The molecule has 0 fully saturated rings. The molecule has 0 spiro atoms. The summed E-state index contributed by atoms with van der Waals surface area (Å²) < 4.78 is 54.0. The third-order valence-electron chi connectivity index (χ3n) is 1.76. The molecule has 1 aromatic rings. The zero-order chi connectivity index (χ0) is 12.5. The molecule has 0 aliphatic rings. The van der Waals surface area contributed by atoms with Gasteiger partial charge in [-0.2, -0.15) is 13.2 Å². The summed E-state index contributed by atoms with van der Waals surface area (Å²) >= 11 is 2.69. The van der Waals surface area contributed by atoms with Crippen LogP contribution in [0, 0.1) is 5.82 Å². The highest BCUT2D eigenvalue weighted by Gasteiger charge is 2.33. The maximum atomic E-state index is 13.2. The van der Waals surface area contributed by atoms with Crippen LogP contribution in [0.1, 0.15) is 15.9 Å². The van der Waals surface area contributed by atoms with Crippen molar-refractivity contribution in [1.82, 2.24) is 0 Å². The van der Waals surface area contributed by atoms with Crippen molar-refractivity contribution in [2.24, 2.45) is 0 Å². The fourth-order valence-corrected chi connectivity index (χ4v) is 1.63. The number of ether oxygens (including phenoxy) is 1. The number of carbonyl (C=O) groups excluding carboxylic acids is 1. The fourth-order valence-electron chi connectivity index (χ4n) is 1.03. The lowest BCUT2D eigenvalue weighted by Gasteiger charge is -2.10. The smallest absolute Gasteiger partial charge is 0.416 e. The Kier molecular flexibility index (Phi) is 3.57. The number of esters is 1. The summed E-state index contributed by atoms with van der Waals surface area (Å²) in [7, 11) is 1.01. The van der Waals surface area contributed by atoms with Gasteiger partial charge in [0.05, 0.1) is 12.7 Å². The van der Waals surface area contributed by atoms with Gasteiger partial charge < -0.3 is 4.74 Å². The van der Waals surface area contributed by atoms with Gasteiger partial charge in [-0.15, -0.1) is 0 Å². The number of hydrogen-bond acceptors (Lipinski definition) is 2. The van der Waals surface area contributed by atoms with Crippen LogP contribution in [-0.4, -0.2) is 13.1 Å². The van der Waals surface area contributed by atoms with E-state index < -0.39 is 29.1 Å². The lowest BCUT2D eigenvalue weighted by Crippen LogP contribution is -2.10. The summed E-state index contributed by atoms with van der Waals surface area (Å²) in [5, 5.41) is 0. The summed E-state index contributed by atoms with van der Waals surface area (Å²) in [5.74, 6) is -2.33. The molecule has 0 heterocycles. The van der Waals surface area contributed by atoms with Gasteiger partial charge in [0.25, 0.3) is 0 Å². The molecule has 0 unspecified atom stereocenters. The summed E-state index contributed by atoms with van der Waals surface area (Å²) in [6.45, 7) is 0. The van der Waals surface area contributed by atoms with Crippen molar-refractivity contribution < 1.29 is 27.1 Å². The zero-order valence-corrected chi connectivity index (χ0v) is 9.45. The van der Waals surface area contributed by atoms with Crippen LogP contribution in [0.4, 0.5) is 17.6 Å². The molecule has 0 aliphatic carbocycles. The molecule has 0 atom stereocenters. The van der Waals surface area contributed by atoms with Crippen LogP contribution in [-0.2, 0) is 10.9 Å².